The van der Waals surface area contributed by atoms with Crippen molar-refractivity contribution in [3.63, 3.8) is 0 Å². The predicted octanol–water partition coefficient (Wildman–Crippen LogP) is 10.3. The highest BCUT2D eigenvalue weighted by molar-refractivity contribution is 5.09. The Bertz CT molecular complexity index is 690. The molecule has 188 valence electrons. The molecule has 0 aromatic heterocycles. The second-order valence-corrected chi connectivity index (χ2v) is 10.2. The van der Waals surface area contributed by atoms with Gasteiger partial charge in [0.1, 0.15) is 0 Å². The molecule has 0 unspecified atom stereocenters. The lowest BCUT2D eigenvalue weighted by Crippen LogP contribution is -1.97. The summed E-state index contributed by atoms with van der Waals surface area (Å²) in [5, 5.41) is 0. The number of rotatable bonds is 18. The van der Waals surface area contributed by atoms with Crippen molar-refractivity contribution in [3.05, 3.63) is 69.9 Å². The van der Waals surface area contributed by atoms with Gasteiger partial charge in [-0.2, -0.15) is 0 Å². The average molecular weight is 454 g/mol. The van der Waals surface area contributed by atoms with Crippen LogP contribution >= 0.6 is 0 Å². The van der Waals surface area contributed by atoms with Crippen molar-refractivity contribution in [1.82, 2.24) is 0 Å². The van der Waals surface area contributed by atoms with Crippen LogP contribution in [0.1, 0.15) is 126 Å². The molecule has 33 heavy (non-hydrogen) atoms. The molecule has 0 fully saturated rings. The van der Waals surface area contributed by atoms with Gasteiger partial charge in [0.25, 0.3) is 0 Å². The van der Waals surface area contributed by atoms with E-state index in [0.29, 0.717) is 0 Å². The van der Waals surface area contributed by atoms with Crippen molar-refractivity contribution >= 4 is 0 Å². The molecule has 0 amide bonds. The lowest BCUT2D eigenvalue weighted by Gasteiger charge is -2.05. The molecule has 0 atom stereocenters. The van der Waals surface area contributed by atoms with E-state index in [2.05, 4.69) is 84.9 Å². The summed E-state index contributed by atoms with van der Waals surface area (Å²) in [6.45, 7) is 16.5. The fraction of sp³-hybridized carbons (Fsp3) is 0.625. The number of allylic oxidation sites excluding steroid dienone is 12. The minimum Gasteiger partial charge on any atom is -0.330 e. The maximum atomic E-state index is 5.58. The molecular weight excluding hydrogens is 398 g/mol. The molecule has 0 spiro atoms. The van der Waals surface area contributed by atoms with Gasteiger partial charge >= 0.3 is 0 Å². The molecule has 0 rings (SSSR count). The molecule has 0 aromatic carbocycles. The highest BCUT2D eigenvalue weighted by Crippen LogP contribution is 2.16. The van der Waals surface area contributed by atoms with Crippen LogP contribution in [-0.2, 0) is 0 Å². The molecule has 0 bridgehead atoms. The molecule has 2 N–H and O–H groups in total. The highest BCUT2D eigenvalue weighted by Gasteiger charge is 1.96. The van der Waals surface area contributed by atoms with Crippen molar-refractivity contribution in [3.8, 4) is 0 Å². The Morgan fingerprint density at radius 3 is 1.15 bits per heavy atom. The van der Waals surface area contributed by atoms with E-state index in [1.54, 1.807) is 0 Å². The van der Waals surface area contributed by atoms with Gasteiger partial charge in [-0.25, -0.2) is 0 Å². The van der Waals surface area contributed by atoms with E-state index in [1.807, 2.05) is 0 Å². The Labute approximate surface area is 207 Å². The van der Waals surface area contributed by atoms with Crippen LogP contribution in [0.15, 0.2) is 69.9 Å². The van der Waals surface area contributed by atoms with Crippen LogP contribution in [-0.4, -0.2) is 6.54 Å². The van der Waals surface area contributed by atoms with E-state index in [9.17, 15) is 0 Å². The summed E-state index contributed by atoms with van der Waals surface area (Å²) in [7, 11) is 0. The maximum Gasteiger partial charge on any atom is -0.00742 e. The first-order valence-electron chi connectivity index (χ1n) is 13.4. The molecule has 0 saturated carbocycles. The molecule has 0 aliphatic carbocycles. The van der Waals surface area contributed by atoms with Gasteiger partial charge in [-0.3, -0.25) is 0 Å². The van der Waals surface area contributed by atoms with Crippen LogP contribution in [0, 0.1) is 0 Å². The SMILES string of the molecule is CC(C)=CCC/C=C(\C)CC/C=C(\C)CC/C(C)=C/CC/C(C)=C/CC/C=C(\C)CCCN. The first-order valence-corrected chi connectivity index (χ1v) is 13.4. The topological polar surface area (TPSA) is 26.0 Å². The maximum absolute atomic E-state index is 5.58. The van der Waals surface area contributed by atoms with E-state index < -0.39 is 0 Å². The van der Waals surface area contributed by atoms with Crippen LogP contribution in [0.3, 0.4) is 0 Å². The Kier molecular flexibility index (Phi) is 20.0. The minimum atomic E-state index is 0.793. The van der Waals surface area contributed by atoms with Gasteiger partial charge in [0, 0.05) is 0 Å². The fourth-order valence-electron chi connectivity index (χ4n) is 3.74. The van der Waals surface area contributed by atoms with E-state index in [4.69, 9.17) is 5.73 Å². The Balaban J connectivity index is 4.10. The molecule has 0 heterocycles. The summed E-state index contributed by atoms with van der Waals surface area (Å²) >= 11 is 0. The Hall–Kier alpha value is -1.60. The van der Waals surface area contributed by atoms with E-state index in [-0.39, 0.29) is 0 Å². The second kappa shape index (κ2) is 21.0. The largest absolute Gasteiger partial charge is 0.330 e. The molecule has 0 aliphatic heterocycles. The summed E-state index contributed by atoms with van der Waals surface area (Å²) in [5.74, 6) is 0. The summed E-state index contributed by atoms with van der Waals surface area (Å²) < 4.78 is 0. The number of hydrogen-bond donors (Lipinski definition) is 1. The van der Waals surface area contributed by atoms with E-state index in [1.165, 1.54) is 84.8 Å². The summed E-state index contributed by atoms with van der Waals surface area (Å²) in [4.78, 5) is 0. The summed E-state index contributed by atoms with van der Waals surface area (Å²) in [5.41, 5.74) is 14.6. The average Bonchev–Trinajstić information content (AvgIpc) is 2.76. The zero-order valence-electron chi connectivity index (χ0n) is 23.2. The molecule has 1 heteroatoms. The van der Waals surface area contributed by atoms with Crippen molar-refractivity contribution in [2.75, 3.05) is 6.54 Å². The lowest BCUT2D eigenvalue weighted by atomic mass is 10.0. The Morgan fingerprint density at radius 1 is 0.424 bits per heavy atom. The van der Waals surface area contributed by atoms with Crippen molar-refractivity contribution < 1.29 is 0 Å². The molecular formula is C32H55N. The van der Waals surface area contributed by atoms with Gasteiger partial charge in [-0.1, -0.05) is 69.9 Å². The third-order valence-corrected chi connectivity index (χ3v) is 6.12. The normalized spacial score (nSPS) is 14.1. The van der Waals surface area contributed by atoms with Crippen LogP contribution in [0.4, 0.5) is 0 Å². The second-order valence-electron chi connectivity index (χ2n) is 10.2. The quantitative estimate of drug-likeness (QED) is 0.162. The van der Waals surface area contributed by atoms with Gasteiger partial charge in [0.2, 0.25) is 0 Å². The third kappa shape index (κ3) is 22.0. The summed E-state index contributed by atoms with van der Waals surface area (Å²) in [6, 6.07) is 0. The number of nitrogens with two attached hydrogens (primary N) is 1. The lowest BCUT2D eigenvalue weighted by molar-refractivity contribution is 0.816. The van der Waals surface area contributed by atoms with Gasteiger partial charge < -0.3 is 5.73 Å². The van der Waals surface area contributed by atoms with Gasteiger partial charge in [-0.05, 0) is 132 Å². The number of unbranched alkanes of at least 4 members (excludes halogenated alkanes) is 2. The highest BCUT2D eigenvalue weighted by atomic mass is 14.5. The monoisotopic (exact) mass is 453 g/mol. The van der Waals surface area contributed by atoms with Crippen LogP contribution < -0.4 is 5.73 Å². The minimum absolute atomic E-state index is 0.793. The van der Waals surface area contributed by atoms with Crippen LogP contribution in [0.25, 0.3) is 0 Å². The molecule has 1 nitrogen and oxygen atoms in total. The zero-order chi connectivity index (χ0) is 24.9. The number of hydrogen-bond acceptors (Lipinski definition) is 1. The fourth-order valence-corrected chi connectivity index (χ4v) is 3.74. The molecule has 0 radical (unpaired) electrons. The predicted molar refractivity (Wildman–Crippen MR) is 153 cm³/mol. The van der Waals surface area contributed by atoms with Gasteiger partial charge in [0.15, 0.2) is 0 Å². The van der Waals surface area contributed by atoms with Crippen LogP contribution in [0.5, 0.6) is 0 Å². The first kappa shape index (κ1) is 31.4. The van der Waals surface area contributed by atoms with Crippen molar-refractivity contribution in [2.24, 2.45) is 5.73 Å². The van der Waals surface area contributed by atoms with Crippen LogP contribution in [0.2, 0.25) is 0 Å². The smallest absolute Gasteiger partial charge is 0.00742 e. The van der Waals surface area contributed by atoms with Gasteiger partial charge in [0.05, 0.1) is 0 Å². The van der Waals surface area contributed by atoms with Gasteiger partial charge in [-0.15, -0.1) is 0 Å². The van der Waals surface area contributed by atoms with Crippen molar-refractivity contribution in [1.29, 1.82) is 0 Å². The van der Waals surface area contributed by atoms with E-state index >= 15 is 0 Å². The van der Waals surface area contributed by atoms with E-state index in [0.717, 1.165) is 32.2 Å². The van der Waals surface area contributed by atoms with Crippen molar-refractivity contribution in [2.45, 2.75) is 126 Å². The standard InChI is InChI=1S/C32H55N/c1-27(2)15-8-9-16-28(3)19-12-21-31(6)24-25-32(7)22-13-20-29(4)17-10-11-18-30(5)23-14-26-33/h15-18,21-22H,8-14,19-20,23-26,33H2,1-7H3/b28-16+,29-17+,30-18+,31-21+,32-22+. The summed E-state index contributed by atoms with van der Waals surface area (Å²) in [6.07, 6.45) is 28.4. The molecule has 0 saturated heterocycles. The molecule has 0 aliphatic rings. The zero-order valence-corrected chi connectivity index (χ0v) is 23.2. The Morgan fingerprint density at radius 2 is 0.758 bits per heavy atom. The molecule has 0 aromatic rings. The third-order valence-electron chi connectivity index (χ3n) is 6.12. The first-order chi connectivity index (χ1) is 15.7.